The van der Waals surface area contributed by atoms with Crippen LogP contribution in [-0.4, -0.2) is 4.57 Å². The first-order chi connectivity index (χ1) is 3.29. The molecule has 0 radical (unpaired) electrons. The highest BCUT2D eigenvalue weighted by Crippen LogP contribution is 1.77. The van der Waals surface area contributed by atoms with Crippen LogP contribution in [0.1, 0.15) is 0 Å². The maximum absolute atomic E-state index is 3.23. The van der Waals surface area contributed by atoms with Crippen LogP contribution >= 0.6 is 16.1 Å². The molecule has 0 unspecified atom stereocenters. The second kappa shape index (κ2) is 1.66. The molecule has 2 nitrogen and oxygen atoms in total. The van der Waals surface area contributed by atoms with Crippen molar-refractivity contribution in [1.82, 2.24) is 4.57 Å². The van der Waals surface area contributed by atoms with Gasteiger partial charge in [0.05, 0.1) is 7.05 Å². The summed E-state index contributed by atoms with van der Waals surface area (Å²) in [4.78, 5) is 0. The number of nitrogens with zero attached hydrogens (tertiary/aromatic N) is 2. The summed E-state index contributed by atoms with van der Waals surface area (Å²) in [5.74, 6) is 0. The fraction of sp³-hybridized carbons (Fsp3) is 0.250. The summed E-state index contributed by atoms with van der Waals surface area (Å²) < 4.78 is 3.77. The van der Waals surface area contributed by atoms with Crippen molar-refractivity contribution in [2.75, 3.05) is 0 Å². The second-order valence-corrected chi connectivity index (χ2v) is 2.24. The zero-order valence-corrected chi connectivity index (χ0v) is 5.59. The monoisotopic (exact) mass is 161 g/mol. The quantitative estimate of drug-likeness (QED) is 0.524. The van der Waals surface area contributed by atoms with Crippen LogP contribution in [0.5, 0.6) is 0 Å². The summed E-state index contributed by atoms with van der Waals surface area (Å²) in [5.41, 5.74) is 0. The largest absolute Gasteiger partial charge is 0.254 e. The molecule has 0 aromatic carbocycles. The first-order valence-electron chi connectivity index (χ1n) is 1.98. The molecule has 0 amide bonds. The number of aromatic nitrogens is 2. The van der Waals surface area contributed by atoms with Gasteiger partial charge in [0.25, 0.3) is 6.33 Å². The topological polar surface area (TPSA) is 8.81 Å². The zero-order chi connectivity index (χ0) is 5.28. The number of hydrogen-bond acceptors (Lipinski definition) is 0. The minimum Gasteiger partial charge on any atom is -0.239 e. The van der Waals surface area contributed by atoms with Gasteiger partial charge in [-0.25, -0.2) is 4.57 Å². The molecule has 0 aliphatic heterocycles. The van der Waals surface area contributed by atoms with E-state index in [0.29, 0.717) is 0 Å². The normalized spacial score (nSPS) is 9.43. The zero-order valence-electron chi connectivity index (χ0n) is 4.00. The third kappa shape index (κ3) is 1.03. The standard InChI is InChI=1S/C4H6BrN2/c1-6-2-3-7(5)4-6/h2-4H,1H3/q+1. The third-order valence-electron chi connectivity index (χ3n) is 0.737. The molecule has 0 aliphatic carbocycles. The van der Waals surface area contributed by atoms with E-state index in [9.17, 15) is 0 Å². The molecular formula is C4H6BrN2+. The van der Waals surface area contributed by atoms with Gasteiger partial charge < -0.3 is 0 Å². The highest BCUT2D eigenvalue weighted by molar-refractivity contribution is 9.04. The Hall–Kier alpha value is -0.310. The SMILES string of the molecule is Cn1cc[n+](Br)c1. The minimum absolute atomic E-state index is 1.81. The van der Waals surface area contributed by atoms with Crippen LogP contribution < -0.4 is 3.59 Å². The predicted octanol–water partition coefficient (Wildman–Crippen LogP) is 0.471. The molecule has 0 atom stereocenters. The second-order valence-electron chi connectivity index (χ2n) is 1.42. The lowest BCUT2D eigenvalue weighted by Crippen LogP contribution is -2.13. The fourth-order valence-corrected chi connectivity index (χ4v) is 0.814. The van der Waals surface area contributed by atoms with Gasteiger partial charge in [-0.1, -0.05) is 0 Å². The van der Waals surface area contributed by atoms with Crippen LogP contribution in [0.25, 0.3) is 0 Å². The van der Waals surface area contributed by atoms with E-state index >= 15 is 0 Å². The van der Waals surface area contributed by atoms with Gasteiger partial charge in [-0.05, 0) is 0 Å². The summed E-state index contributed by atoms with van der Waals surface area (Å²) in [6.45, 7) is 0. The van der Waals surface area contributed by atoms with E-state index in [0.717, 1.165) is 0 Å². The van der Waals surface area contributed by atoms with E-state index in [1.165, 1.54) is 0 Å². The molecule has 0 bridgehead atoms. The Labute approximate surface area is 50.7 Å². The lowest BCUT2D eigenvalue weighted by Gasteiger charge is -1.69. The van der Waals surface area contributed by atoms with Crippen LogP contribution in [-0.2, 0) is 7.05 Å². The molecule has 0 N–H and O–H groups in total. The lowest BCUT2D eigenvalue weighted by molar-refractivity contribution is -0.473. The van der Waals surface area contributed by atoms with Crippen LogP contribution in [0, 0.1) is 0 Å². The Kier molecular flexibility index (Phi) is 1.15. The van der Waals surface area contributed by atoms with Gasteiger partial charge >= 0.3 is 0 Å². The Morgan fingerprint density at radius 1 is 1.71 bits per heavy atom. The average molecular weight is 162 g/mol. The molecule has 0 saturated heterocycles. The van der Waals surface area contributed by atoms with Gasteiger partial charge in [-0.3, -0.25) is 0 Å². The van der Waals surface area contributed by atoms with E-state index < -0.39 is 0 Å². The van der Waals surface area contributed by atoms with Gasteiger partial charge in [0, 0.05) is 0 Å². The summed E-state index contributed by atoms with van der Waals surface area (Å²) in [5, 5.41) is 0. The number of imidazole rings is 1. The van der Waals surface area contributed by atoms with Crippen LogP contribution in [0.15, 0.2) is 18.7 Å². The molecule has 0 aliphatic rings. The van der Waals surface area contributed by atoms with E-state index in [1.54, 1.807) is 0 Å². The number of rotatable bonds is 0. The lowest BCUT2D eigenvalue weighted by atomic mass is 10.9. The molecular weight excluding hydrogens is 156 g/mol. The van der Waals surface area contributed by atoms with Crippen molar-refractivity contribution in [3.05, 3.63) is 18.7 Å². The Morgan fingerprint density at radius 3 is 2.57 bits per heavy atom. The molecule has 1 heterocycles. The molecule has 0 saturated carbocycles. The first-order valence-corrected chi connectivity index (χ1v) is 2.69. The summed E-state index contributed by atoms with van der Waals surface area (Å²) in [6.07, 6.45) is 5.79. The van der Waals surface area contributed by atoms with E-state index in [4.69, 9.17) is 0 Å². The van der Waals surface area contributed by atoms with Gasteiger partial charge in [0.1, 0.15) is 12.4 Å². The molecule has 38 valence electrons. The van der Waals surface area contributed by atoms with Crippen LogP contribution in [0.4, 0.5) is 0 Å². The molecule has 1 aromatic heterocycles. The molecule has 0 fully saturated rings. The van der Waals surface area contributed by atoms with Crippen molar-refractivity contribution in [3.8, 4) is 0 Å². The van der Waals surface area contributed by atoms with Crippen molar-refractivity contribution in [2.45, 2.75) is 0 Å². The maximum atomic E-state index is 3.23. The van der Waals surface area contributed by atoms with E-state index in [2.05, 4.69) is 16.1 Å². The molecule has 0 spiro atoms. The minimum atomic E-state index is 1.81. The average Bonchev–Trinajstić information content (AvgIpc) is 1.87. The van der Waals surface area contributed by atoms with Crippen LogP contribution in [0.2, 0.25) is 0 Å². The van der Waals surface area contributed by atoms with Crippen molar-refractivity contribution in [2.24, 2.45) is 7.05 Å². The first kappa shape index (κ1) is 4.84. The van der Waals surface area contributed by atoms with E-state index in [1.807, 2.05) is 33.9 Å². The number of aryl methyl sites for hydroxylation is 1. The summed E-state index contributed by atoms with van der Waals surface area (Å²) in [7, 11) is 1.97. The highest BCUT2D eigenvalue weighted by Gasteiger charge is 1.90. The Balaban J connectivity index is 3.04. The smallest absolute Gasteiger partial charge is 0.239 e. The van der Waals surface area contributed by atoms with Crippen molar-refractivity contribution in [1.29, 1.82) is 0 Å². The van der Waals surface area contributed by atoms with Crippen molar-refractivity contribution < 1.29 is 3.59 Å². The van der Waals surface area contributed by atoms with Gasteiger partial charge in [-0.15, -0.1) is 0 Å². The van der Waals surface area contributed by atoms with Gasteiger partial charge in [0.15, 0.2) is 16.1 Å². The fourth-order valence-electron chi connectivity index (χ4n) is 0.420. The summed E-state index contributed by atoms with van der Waals surface area (Å²) in [6, 6.07) is 0. The van der Waals surface area contributed by atoms with Crippen LogP contribution in [0.3, 0.4) is 0 Å². The van der Waals surface area contributed by atoms with Gasteiger partial charge in [0.2, 0.25) is 0 Å². The third-order valence-corrected chi connectivity index (χ3v) is 1.16. The Bertz CT molecular complexity index is 142. The summed E-state index contributed by atoms with van der Waals surface area (Å²) >= 11 is 3.23. The Morgan fingerprint density at radius 2 is 2.43 bits per heavy atom. The maximum Gasteiger partial charge on any atom is 0.254 e. The number of hydrogen-bond donors (Lipinski definition) is 0. The predicted molar refractivity (Wildman–Crippen MR) is 29.9 cm³/mol. The highest BCUT2D eigenvalue weighted by atomic mass is 79.9. The molecule has 3 heteroatoms. The number of halogens is 1. The van der Waals surface area contributed by atoms with Gasteiger partial charge in [-0.2, -0.15) is 3.59 Å². The van der Waals surface area contributed by atoms with E-state index in [-0.39, 0.29) is 0 Å². The van der Waals surface area contributed by atoms with Crippen molar-refractivity contribution >= 4 is 16.1 Å². The van der Waals surface area contributed by atoms with Crippen molar-refractivity contribution in [3.63, 3.8) is 0 Å². The molecule has 1 rings (SSSR count). The molecule has 1 aromatic rings. The molecule has 7 heavy (non-hydrogen) atoms.